The van der Waals surface area contributed by atoms with Crippen molar-refractivity contribution in [2.45, 2.75) is 32.4 Å². The van der Waals surface area contributed by atoms with Crippen molar-refractivity contribution in [2.75, 3.05) is 31.7 Å². The zero-order valence-corrected chi connectivity index (χ0v) is 20.9. The van der Waals surface area contributed by atoms with Crippen LogP contribution in [-0.4, -0.2) is 71.0 Å². The standard InChI is InChI=1S/C20H22Cl2N6O5S/c1-4-32-19(30)16-15(18-27-23-8-33-18)26-20(34-16)28-6-5-10(11(7-28)31-3)25-17(29)14-13(22)12(21)9(2)24-14/h8,10-11,24H,4-7H2,1-3H3,(H,25,29)/t10-,11+/m1/s1. The number of piperidine rings is 1. The van der Waals surface area contributed by atoms with Crippen LogP contribution >= 0.6 is 34.5 Å². The van der Waals surface area contributed by atoms with Gasteiger partial charge in [0.2, 0.25) is 6.39 Å². The van der Waals surface area contributed by atoms with Gasteiger partial charge in [0.25, 0.3) is 11.8 Å². The van der Waals surface area contributed by atoms with Crippen LogP contribution in [0.5, 0.6) is 0 Å². The molecular weight excluding hydrogens is 507 g/mol. The van der Waals surface area contributed by atoms with E-state index in [4.69, 9.17) is 37.1 Å². The molecule has 0 aromatic carbocycles. The Morgan fingerprint density at radius 2 is 2.18 bits per heavy atom. The molecule has 11 nitrogen and oxygen atoms in total. The molecule has 0 unspecified atom stereocenters. The smallest absolute Gasteiger partial charge is 0.350 e. The molecule has 4 rings (SSSR count). The highest BCUT2D eigenvalue weighted by Gasteiger charge is 2.34. The summed E-state index contributed by atoms with van der Waals surface area (Å²) in [5.41, 5.74) is 1.10. The van der Waals surface area contributed by atoms with E-state index in [2.05, 4.69) is 25.5 Å². The average Bonchev–Trinajstić information content (AvgIpc) is 3.56. The van der Waals surface area contributed by atoms with E-state index in [1.807, 2.05) is 4.90 Å². The van der Waals surface area contributed by atoms with Crippen LogP contribution in [0.25, 0.3) is 11.6 Å². The zero-order valence-electron chi connectivity index (χ0n) is 18.6. The van der Waals surface area contributed by atoms with Gasteiger partial charge in [-0.2, -0.15) is 0 Å². The van der Waals surface area contributed by atoms with Gasteiger partial charge in [-0.15, -0.1) is 10.2 Å². The fourth-order valence-electron chi connectivity index (χ4n) is 3.66. The minimum atomic E-state index is -0.512. The number of halogens is 2. The van der Waals surface area contributed by atoms with E-state index in [-0.39, 0.29) is 51.8 Å². The number of methoxy groups -OCH3 is 1. The van der Waals surface area contributed by atoms with Crippen LogP contribution in [0.1, 0.15) is 39.2 Å². The fourth-order valence-corrected chi connectivity index (χ4v) is 5.07. The number of aryl methyl sites for hydroxylation is 1. The van der Waals surface area contributed by atoms with E-state index in [1.54, 1.807) is 21.0 Å². The lowest BCUT2D eigenvalue weighted by Gasteiger charge is -2.37. The molecule has 3 aromatic heterocycles. The molecule has 1 fully saturated rings. The van der Waals surface area contributed by atoms with E-state index in [0.29, 0.717) is 35.4 Å². The van der Waals surface area contributed by atoms with Crippen LogP contribution in [0.2, 0.25) is 10.0 Å². The third-order valence-corrected chi connectivity index (χ3v) is 7.41. The average molecular weight is 529 g/mol. The first-order valence-electron chi connectivity index (χ1n) is 10.4. The van der Waals surface area contributed by atoms with Crippen molar-refractivity contribution in [2.24, 2.45) is 0 Å². The Morgan fingerprint density at radius 3 is 2.79 bits per heavy atom. The quantitative estimate of drug-likeness (QED) is 0.442. The summed E-state index contributed by atoms with van der Waals surface area (Å²) >= 11 is 13.5. The number of amides is 1. The maximum absolute atomic E-state index is 12.8. The molecule has 0 bridgehead atoms. The molecule has 2 N–H and O–H groups in total. The van der Waals surface area contributed by atoms with E-state index >= 15 is 0 Å². The molecule has 0 spiro atoms. The summed E-state index contributed by atoms with van der Waals surface area (Å²) in [5.74, 6) is -0.743. The van der Waals surface area contributed by atoms with Gasteiger partial charge in [-0.05, 0) is 20.3 Å². The number of anilines is 1. The number of aromatic amines is 1. The van der Waals surface area contributed by atoms with Crippen molar-refractivity contribution in [3.8, 4) is 11.6 Å². The molecule has 1 aliphatic rings. The largest absolute Gasteiger partial charge is 0.462 e. The maximum Gasteiger partial charge on any atom is 0.350 e. The van der Waals surface area contributed by atoms with Crippen LogP contribution < -0.4 is 10.2 Å². The topological polar surface area (TPSA) is 135 Å². The monoisotopic (exact) mass is 528 g/mol. The summed E-state index contributed by atoms with van der Waals surface area (Å²) in [6.07, 6.45) is 1.40. The second-order valence-corrected chi connectivity index (χ2v) is 9.21. The molecule has 34 heavy (non-hydrogen) atoms. The summed E-state index contributed by atoms with van der Waals surface area (Å²) in [4.78, 5) is 35.0. The lowest BCUT2D eigenvalue weighted by molar-refractivity contribution is 0.0531. The Hall–Kier alpha value is -2.67. The van der Waals surface area contributed by atoms with Crippen molar-refractivity contribution in [3.63, 3.8) is 0 Å². The number of hydrogen-bond acceptors (Lipinski definition) is 10. The first-order chi connectivity index (χ1) is 16.3. The minimum Gasteiger partial charge on any atom is -0.462 e. The van der Waals surface area contributed by atoms with E-state index in [1.165, 1.54) is 17.7 Å². The van der Waals surface area contributed by atoms with Gasteiger partial charge in [-0.1, -0.05) is 34.5 Å². The third-order valence-electron chi connectivity index (χ3n) is 5.37. The van der Waals surface area contributed by atoms with Gasteiger partial charge in [-0.25, -0.2) is 9.78 Å². The lowest BCUT2D eigenvalue weighted by atomic mass is 10.0. The normalized spacial score (nSPS) is 18.2. The SMILES string of the molecule is CCOC(=O)c1sc(N2CC[C@@H](NC(=O)c3[nH]c(C)c(Cl)c3Cl)[C@@H](OC)C2)nc1-c1nnco1. The van der Waals surface area contributed by atoms with E-state index in [9.17, 15) is 9.59 Å². The molecular formula is C20H22Cl2N6O5S. The van der Waals surface area contributed by atoms with Crippen LogP contribution in [-0.2, 0) is 9.47 Å². The number of aromatic nitrogens is 4. The molecule has 4 heterocycles. The number of H-pyrrole nitrogens is 1. The van der Waals surface area contributed by atoms with Gasteiger partial charge < -0.3 is 29.1 Å². The number of carbonyl (C=O) groups excluding carboxylic acids is 2. The summed E-state index contributed by atoms with van der Waals surface area (Å²) in [6.45, 7) is 4.68. The number of rotatable bonds is 7. The second kappa shape index (κ2) is 10.3. The van der Waals surface area contributed by atoms with Crippen LogP contribution in [0, 0.1) is 6.92 Å². The Labute approximate surface area is 208 Å². The molecule has 0 aliphatic carbocycles. The molecule has 2 atom stereocenters. The van der Waals surface area contributed by atoms with Crippen molar-refractivity contribution in [1.82, 2.24) is 25.5 Å². The number of esters is 1. The van der Waals surface area contributed by atoms with Crippen LogP contribution in [0.15, 0.2) is 10.8 Å². The molecule has 3 aromatic rings. The molecule has 182 valence electrons. The Morgan fingerprint density at radius 1 is 1.38 bits per heavy atom. The highest BCUT2D eigenvalue weighted by molar-refractivity contribution is 7.17. The van der Waals surface area contributed by atoms with E-state index < -0.39 is 5.97 Å². The maximum atomic E-state index is 12.8. The predicted molar refractivity (Wildman–Crippen MR) is 126 cm³/mol. The second-order valence-electron chi connectivity index (χ2n) is 7.48. The van der Waals surface area contributed by atoms with Gasteiger partial charge in [0.05, 0.1) is 28.8 Å². The Bertz CT molecular complexity index is 1180. The molecule has 14 heteroatoms. The summed E-state index contributed by atoms with van der Waals surface area (Å²) in [7, 11) is 1.58. The summed E-state index contributed by atoms with van der Waals surface area (Å²) in [5, 5.41) is 11.6. The predicted octanol–water partition coefficient (Wildman–Crippen LogP) is 3.34. The van der Waals surface area contributed by atoms with Crippen molar-refractivity contribution in [1.29, 1.82) is 0 Å². The van der Waals surface area contributed by atoms with Gasteiger partial charge >= 0.3 is 5.97 Å². The molecule has 1 saturated heterocycles. The number of carbonyl (C=O) groups is 2. The van der Waals surface area contributed by atoms with Gasteiger partial charge in [0, 0.05) is 25.9 Å². The van der Waals surface area contributed by atoms with Crippen molar-refractivity contribution < 1.29 is 23.5 Å². The van der Waals surface area contributed by atoms with Gasteiger partial charge in [-0.3, -0.25) is 4.79 Å². The van der Waals surface area contributed by atoms with E-state index in [0.717, 1.165) is 0 Å². The zero-order chi connectivity index (χ0) is 24.4. The fraction of sp³-hybridized carbons (Fsp3) is 0.450. The number of nitrogens with one attached hydrogen (secondary N) is 2. The number of hydrogen-bond donors (Lipinski definition) is 2. The Kier molecular flexibility index (Phi) is 7.41. The molecule has 0 radical (unpaired) electrons. The highest BCUT2D eigenvalue weighted by Crippen LogP contribution is 2.35. The summed E-state index contributed by atoms with van der Waals surface area (Å²) < 4.78 is 16.1. The number of ether oxygens (including phenoxy) is 2. The Balaban J connectivity index is 1.51. The number of thiazole rings is 1. The highest BCUT2D eigenvalue weighted by atomic mass is 35.5. The summed E-state index contributed by atoms with van der Waals surface area (Å²) in [6, 6.07) is -0.271. The van der Waals surface area contributed by atoms with Gasteiger partial charge in [0.1, 0.15) is 10.6 Å². The van der Waals surface area contributed by atoms with Crippen molar-refractivity contribution in [3.05, 3.63) is 32.7 Å². The minimum absolute atomic E-state index is 0.132. The number of nitrogens with zero attached hydrogens (tertiary/aromatic N) is 4. The first-order valence-corrected chi connectivity index (χ1v) is 12.0. The van der Waals surface area contributed by atoms with Crippen molar-refractivity contribution >= 4 is 51.5 Å². The first kappa shape index (κ1) is 24.5. The molecule has 1 amide bonds. The third kappa shape index (κ3) is 4.76. The molecule has 0 saturated carbocycles. The lowest BCUT2D eigenvalue weighted by Crippen LogP contribution is -2.55. The van der Waals surface area contributed by atoms with Crippen LogP contribution in [0.3, 0.4) is 0 Å². The van der Waals surface area contributed by atoms with Crippen LogP contribution in [0.4, 0.5) is 5.13 Å². The van der Waals surface area contributed by atoms with Gasteiger partial charge in [0.15, 0.2) is 10.8 Å². The molecule has 1 aliphatic heterocycles.